The van der Waals surface area contributed by atoms with E-state index in [-0.39, 0.29) is 38.3 Å². The summed E-state index contributed by atoms with van der Waals surface area (Å²) in [6.07, 6.45) is 0. The van der Waals surface area contributed by atoms with Crippen LogP contribution in [0.15, 0.2) is 29.1 Å². The van der Waals surface area contributed by atoms with E-state index < -0.39 is 5.82 Å². The molecule has 109 valence electrons. The average Bonchev–Trinajstić information content (AvgIpc) is 2.43. The van der Waals surface area contributed by atoms with Crippen molar-refractivity contribution in [2.24, 2.45) is 0 Å². The van der Waals surface area contributed by atoms with Crippen molar-refractivity contribution in [1.82, 2.24) is 4.57 Å². The number of ether oxygens (including phenoxy) is 1. The van der Waals surface area contributed by atoms with Gasteiger partial charge in [0.15, 0.2) is 5.56 Å². The molecule has 3 nitrogen and oxygen atoms in total. The van der Waals surface area contributed by atoms with Crippen molar-refractivity contribution in [3.8, 4) is 17.0 Å². The van der Waals surface area contributed by atoms with Gasteiger partial charge >= 0.3 is 0 Å². The fraction of sp³-hybridized carbons (Fsp3) is 0.312. The molecule has 1 aromatic heterocycles. The minimum atomic E-state index is -0.419. The number of aromatic nitrogens is 1. The maximum atomic E-state index is 14.2. The molecule has 0 N–H and O–H groups in total. The first-order valence-electron chi connectivity index (χ1n) is 6.63. The van der Waals surface area contributed by atoms with Gasteiger partial charge in [-0.3, -0.25) is 4.79 Å². The van der Waals surface area contributed by atoms with Crippen LogP contribution < -0.4 is 10.3 Å². The standard InChI is InChI=1S/C16H17FNO2.Y/c1-4-18-15(9-6-11(3)16(18)19)13-8-7-12(20-5-2)10-14(13)17;/h6-8,10H,4-5H2,1-3H3;/q-1;. The average molecular weight is 363 g/mol. The zero-order chi connectivity index (χ0) is 14.7. The second-order valence-corrected chi connectivity index (χ2v) is 4.44. The number of rotatable bonds is 4. The minimum absolute atomic E-state index is 0. The Morgan fingerprint density at radius 3 is 2.62 bits per heavy atom. The Labute approximate surface area is 149 Å². The van der Waals surface area contributed by atoms with Gasteiger partial charge in [0.2, 0.25) is 0 Å². The molecular formula is C16H17FNO2Y-. The van der Waals surface area contributed by atoms with Gasteiger partial charge in [0.1, 0.15) is 5.75 Å². The second-order valence-electron chi connectivity index (χ2n) is 4.44. The van der Waals surface area contributed by atoms with Crippen LogP contribution in [0, 0.1) is 18.8 Å². The summed E-state index contributed by atoms with van der Waals surface area (Å²) < 4.78 is 21.0. The molecule has 2 aromatic rings. The van der Waals surface area contributed by atoms with Crippen molar-refractivity contribution in [1.29, 1.82) is 0 Å². The molecule has 0 saturated heterocycles. The summed E-state index contributed by atoms with van der Waals surface area (Å²) in [4.78, 5) is 12.1. The summed E-state index contributed by atoms with van der Waals surface area (Å²) in [5.74, 6) is 0.0592. The fourth-order valence-electron chi connectivity index (χ4n) is 2.10. The molecular weight excluding hydrogens is 346 g/mol. The van der Waals surface area contributed by atoms with Crippen molar-refractivity contribution >= 4 is 0 Å². The van der Waals surface area contributed by atoms with Crippen LogP contribution in [0.5, 0.6) is 5.75 Å². The Kier molecular flexibility index (Phi) is 6.75. The Morgan fingerprint density at radius 2 is 2.05 bits per heavy atom. The van der Waals surface area contributed by atoms with Crippen LogP contribution in [0.4, 0.5) is 4.39 Å². The van der Waals surface area contributed by atoms with E-state index in [4.69, 9.17) is 4.74 Å². The first kappa shape index (κ1) is 18.1. The van der Waals surface area contributed by atoms with E-state index >= 15 is 0 Å². The molecule has 0 aliphatic rings. The zero-order valence-electron chi connectivity index (χ0n) is 12.4. The van der Waals surface area contributed by atoms with Crippen molar-refractivity contribution in [2.45, 2.75) is 27.3 Å². The number of benzene rings is 1. The third kappa shape index (κ3) is 3.80. The SMILES string of the molecule is CCOc1ccc(-c2[c-]cc(C)c(=O)n2CC)c(F)c1.[Y]. The van der Waals surface area contributed by atoms with E-state index in [1.54, 1.807) is 25.1 Å². The summed E-state index contributed by atoms with van der Waals surface area (Å²) in [6, 6.07) is 9.23. The Bertz CT molecular complexity index is 682. The molecule has 2 rings (SSSR count). The van der Waals surface area contributed by atoms with E-state index in [1.165, 1.54) is 10.6 Å². The van der Waals surface area contributed by atoms with Gasteiger partial charge in [0, 0.05) is 45.3 Å². The first-order chi connectivity index (χ1) is 9.58. The third-order valence-electron chi connectivity index (χ3n) is 3.10. The quantitative estimate of drug-likeness (QED) is 0.782. The second kappa shape index (κ2) is 7.85. The predicted molar refractivity (Wildman–Crippen MR) is 76.5 cm³/mol. The van der Waals surface area contributed by atoms with Crippen LogP contribution in [-0.4, -0.2) is 11.2 Å². The van der Waals surface area contributed by atoms with E-state index in [9.17, 15) is 9.18 Å². The van der Waals surface area contributed by atoms with Crippen LogP contribution in [0.2, 0.25) is 0 Å². The zero-order valence-corrected chi connectivity index (χ0v) is 15.3. The van der Waals surface area contributed by atoms with Gasteiger partial charge in [0.05, 0.1) is 12.4 Å². The van der Waals surface area contributed by atoms with Gasteiger partial charge < -0.3 is 9.30 Å². The van der Waals surface area contributed by atoms with Crippen molar-refractivity contribution < 1.29 is 41.8 Å². The van der Waals surface area contributed by atoms with Gasteiger partial charge in [-0.25, -0.2) is 4.39 Å². The number of nitrogens with zero attached hydrogens (tertiary/aromatic N) is 1. The Balaban J connectivity index is 0.00000220. The van der Waals surface area contributed by atoms with Gasteiger partial charge in [-0.1, -0.05) is 23.7 Å². The summed E-state index contributed by atoms with van der Waals surface area (Å²) in [5.41, 5.74) is 1.30. The Hall–Kier alpha value is -0.996. The number of hydrogen-bond donors (Lipinski definition) is 0. The topological polar surface area (TPSA) is 31.2 Å². The largest absolute Gasteiger partial charge is 0.494 e. The molecule has 21 heavy (non-hydrogen) atoms. The normalized spacial score (nSPS) is 10.1. The van der Waals surface area contributed by atoms with Gasteiger partial charge in [-0.15, -0.1) is 6.07 Å². The maximum Gasteiger partial charge on any atom is 0.197 e. The van der Waals surface area contributed by atoms with Crippen molar-refractivity contribution in [3.05, 3.63) is 52.1 Å². The molecule has 5 heteroatoms. The van der Waals surface area contributed by atoms with Gasteiger partial charge in [-0.05, 0) is 19.9 Å². The van der Waals surface area contributed by atoms with E-state index in [0.29, 0.717) is 35.7 Å². The molecule has 0 aliphatic carbocycles. The van der Waals surface area contributed by atoms with Crippen LogP contribution in [0.1, 0.15) is 19.4 Å². The summed E-state index contributed by atoms with van der Waals surface area (Å²) in [6.45, 7) is 6.37. The number of halogens is 1. The molecule has 0 spiro atoms. The minimum Gasteiger partial charge on any atom is -0.494 e. The molecule has 1 heterocycles. The van der Waals surface area contributed by atoms with Gasteiger partial charge in [-0.2, -0.15) is 12.1 Å². The van der Waals surface area contributed by atoms with Crippen LogP contribution in [-0.2, 0) is 39.3 Å². The molecule has 0 bridgehead atoms. The summed E-state index contributed by atoms with van der Waals surface area (Å²) in [7, 11) is 0. The summed E-state index contributed by atoms with van der Waals surface area (Å²) >= 11 is 0. The number of hydrogen-bond acceptors (Lipinski definition) is 2. The molecule has 0 unspecified atom stereocenters. The van der Waals surface area contributed by atoms with Crippen molar-refractivity contribution in [2.75, 3.05) is 6.61 Å². The predicted octanol–water partition coefficient (Wildman–Crippen LogP) is 3.18. The smallest absolute Gasteiger partial charge is 0.197 e. The Morgan fingerprint density at radius 1 is 1.33 bits per heavy atom. The van der Waals surface area contributed by atoms with Crippen LogP contribution >= 0.6 is 0 Å². The van der Waals surface area contributed by atoms with Crippen LogP contribution in [0.25, 0.3) is 11.3 Å². The molecule has 0 amide bonds. The molecule has 0 saturated carbocycles. The summed E-state index contributed by atoms with van der Waals surface area (Å²) in [5, 5.41) is 0. The fourth-order valence-corrected chi connectivity index (χ4v) is 2.10. The van der Waals surface area contributed by atoms with E-state index in [1.807, 2.05) is 13.8 Å². The van der Waals surface area contributed by atoms with Crippen molar-refractivity contribution in [3.63, 3.8) is 0 Å². The molecule has 0 fully saturated rings. The number of aryl methyl sites for hydroxylation is 1. The molecule has 1 radical (unpaired) electrons. The third-order valence-corrected chi connectivity index (χ3v) is 3.10. The molecule has 1 aromatic carbocycles. The van der Waals surface area contributed by atoms with E-state index in [2.05, 4.69) is 6.07 Å². The first-order valence-corrected chi connectivity index (χ1v) is 6.63. The molecule has 0 aliphatic heterocycles. The number of pyridine rings is 1. The monoisotopic (exact) mass is 363 g/mol. The maximum absolute atomic E-state index is 14.2. The molecule has 0 atom stereocenters. The van der Waals surface area contributed by atoms with Crippen LogP contribution in [0.3, 0.4) is 0 Å². The van der Waals surface area contributed by atoms with Gasteiger partial charge in [0.25, 0.3) is 0 Å². The van der Waals surface area contributed by atoms with E-state index in [0.717, 1.165) is 0 Å².